The van der Waals surface area contributed by atoms with Crippen molar-refractivity contribution in [2.24, 2.45) is 5.92 Å². The first kappa shape index (κ1) is 21.1. The molecule has 1 aliphatic heterocycles. The van der Waals surface area contributed by atoms with E-state index in [9.17, 15) is 19.2 Å². The number of hydrogen-bond acceptors (Lipinski definition) is 5. The van der Waals surface area contributed by atoms with Gasteiger partial charge in [-0.05, 0) is 51.6 Å². The first-order valence-electron chi connectivity index (χ1n) is 8.83. The Hall–Kier alpha value is -1.96. The molecule has 1 saturated heterocycles. The second-order valence-electron chi connectivity index (χ2n) is 6.33. The smallest absolute Gasteiger partial charge is 0.305 e. The molecule has 0 bridgehead atoms. The van der Waals surface area contributed by atoms with Crippen molar-refractivity contribution in [1.82, 2.24) is 15.5 Å². The van der Waals surface area contributed by atoms with Crippen LogP contribution < -0.4 is 10.6 Å². The summed E-state index contributed by atoms with van der Waals surface area (Å²) < 4.78 is 0. The van der Waals surface area contributed by atoms with E-state index in [0.29, 0.717) is 18.9 Å². The Kier molecular flexibility index (Phi) is 9.76. The van der Waals surface area contributed by atoms with Crippen molar-refractivity contribution in [2.45, 2.75) is 51.5 Å². The van der Waals surface area contributed by atoms with Crippen molar-refractivity contribution in [1.29, 1.82) is 0 Å². The number of nitrogens with zero attached hydrogens (tertiary/aromatic N) is 1. The van der Waals surface area contributed by atoms with E-state index < -0.39 is 24.3 Å². The molecule has 1 aliphatic rings. The minimum atomic E-state index is -1.20. The number of carbonyl (C=O) groups excluding carboxylic acids is 3. The topological polar surface area (TPSA) is 116 Å². The van der Waals surface area contributed by atoms with Crippen molar-refractivity contribution in [3.63, 3.8) is 0 Å². The zero-order chi connectivity index (χ0) is 18.7. The van der Waals surface area contributed by atoms with Crippen LogP contribution in [0.1, 0.15) is 45.4 Å². The van der Waals surface area contributed by atoms with Gasteiger partial charge in [0.2, 0.25) is 18.1 Å². The third-order valence-electron chi connectivity index (χ3n) is 4.39. The van der Waals surface area contributed by atoms with Gasteiger partial charge in [-0.25, -0.2) is 0 Å². The summed E-state index contributed by atoms with van der Waals surface area (Å²) in [4.78, 5) is 46.8. The summed E-state index contributed by atoms with van der Waals surface area (Å²) in [6, 6.07) is -1.20. The Labute approximate surface area is 148 Å². The average Bonchev–Trinajstić information content (AvgIpc) is 2.59. The maximum atomic E-state index is 12.2. The maximum Gasteiger partial charge on any atom is 0.305 e. The van der Waals surface area contributed by atoms with E-state index in [1.165, 1.54) is 11.2 Å². The molecule has 0 aliphatic carbocycles. The first-order chi connectivity index (χ1) is 12.0. The van der Waals surface area contributed by atoms with Gasteiger partial charge in [-0.3, -0.25) is 19.2 Å². The van der Waals surface area contributed by atoms with Crippen LogP contribution in [0.3, 0.4) is 0 Å². The van der Waals surface area contributed by atoms with Crippen LogP contribution in [-0.2, 0) is 19.2 Å². The zero-order valence-electron chi connectivity index (χ0n) is 14.8. The molecule has 0 aromatic rings. The number of nitrogens with one attached hydrogen (secondary N) is 2. The van der Waals surface area contributed by atoms with Crippen molar-refractivity contribution in [2.75, 3.05) is 26.2 Å². The highest BCUT2D eigenvalue weighted by Crippen LogP contribution is 2.19. The number of piperidine rings is 1. The Bertz CT molecular complexity index is 463. The summed E-state index contributed by atoms with van der Waals surface area (Å²) in [5.74, 6) is -1.19. The van der Waals surface area contributed by atoms with Crippen molar-refractivity contribution in [3.05, 3.63) is 0 Å². The number of likely N-dealkylation sites (N-methyl/N-ethyl adjacent to an activating group) is 1. The molecular formula is C17H28N3O5. The van der Waals surface area contributed by atoms with E-state index in [-0.39, 0.29) is 12.5 Å². The van der Waals surface area contributed by atoms with Gasteiger partial charge >= 0.3 is 5.97 Å². The first-order valence-corrected chi connectivity index (χ1v) is 8.83. The van der Waals surface area contributed by atoms with E-state index in [0.717, 1.165) is 38.8 Å². The minimum Gasteiger partial charge on any atom is -0.481 e. The molecule has 1 heterocycles. The van der Waals surface area contributed by atoms with Gasteiger partial charge in [0, 0.05) is 13.0 Å². The fourth-order valence-corrected chi connectivity index (χ4v) is 2.96. The summed E-state index contributed by atoms with van der Waals surface area (Å²) in [7, 11) is 0. The fraction of sp³-hybridized carbons (Fsp3) is 0.765. The second-order valence-corrected chi connectivity index (χ2v) is 6.33. The monoisotopic (exact) mass is 354 g/mol. The normalized spacial score (nSPS) is 16.0. The van der Waals surface area contributed by atoms with E-state index in [2.05, 4.69) is 10.6 Å². The van der Waals surface area contributed by atoms with Crippen molar-refractivity contribution >= 4 is 24.1 Å². The van der Waals surface area contributed by atoms with Gasteiger partial charge in [-0.15, -0.1) is 0 Å². The number of carboxylic acid groups (broad SMARTS) is 1. The van der Waals surface area contributed by atoms with Gasteiger partial charge in [-0.2, -0.15) is 0 Å². The second kappa shape index (κ2) is 11.6. The van der Waals surface area contributed by atoms with Crippen molar-refractivity contribution < 1.29 is 24.3 Å². The average molecular weight is 354 g/mol. The predicted octanol–water partition coefficient (Wildman–Crippen LogP) is 0.0740. The van der Waals surface area contributed by atoms with Crippen LogP contribution >= 0.6 is 0 Å². The number of carboxylic acids is 1. The highest BCUT2D eigenvalue weighted by molar-refractivity contribution is 5.87. The molecule has 0 unspecified atom stereocenters. The summed E-state index contributed by atoms with van der Waals surface area (Å²) in [5.41, 5.74) is 0. The molecule has 141 valence electrons. The molecule has 8 heteroatoms. The van der Waals surface area contributed by atoms with Crippen LogP contribution in [0, 0.1) is 5.92 Å². The van der Waals surface area contributed by atoms with Crippen LogP contribution in [0.5, 0.6) is 0 Å². The molecule has 1 atom stereocenters. The zero-order valence-corrected chi connectivity index (χ0v) is 14.8. The molecule has 8 nitrogen and oxygen atoms in total. The van der Waals surface area contributed by atoms with Crippen LogP contribution in [0.4, 0.5) is 0 Å². The number of aliphatic carboxylic acids is 1. The molecule has 25 heavy (non-hydrogen) atoms. The van der Waals surface area contributed by atoms with E-state index in [1.807, 2.05) is 0 Å². The number of rotatable bonds is 11. The summed E-state index contributed by atoms with van der Waals surface area (Å²) in [6.07, 6.45) is 5.44. The van der Waals surface area contributed by atoms with E-state index in [1.54, 1.807) is 6.92 Å². The van der Waals surface area contributed by atoms with Gasteiger partial charge in [0.25, 0.3) is 0 Å². The fourth-order valence-electron chi connectivity index (χ4n) is 2.96. The molecule has 0 aromatic heterocycles. The standard InChI is InChI=1S/C17H28N3O5/c1-2-20(11-15(22)19-14(12-21)10-17(24)25)16(23)5-3-4-13-6-8-18-9-7-13/h13-14,18H,2-11H2,1H3,(H,19,22)(H,24,25)/t14-/m0/s1. The quantitative estimate of drug-likeness (QED) is 0.484. The van der Waals surface area contributed by atoms with Gasteiger partial charge in [0.05, 0.1) is 13.0 Å². The lowest BCUT2D eigenvalue weighted by molar-refractivity contribution is -0.138. The van der Waals surface area contributed by atoms with Crippen LogP contribution in [0.2, 0.25) is 0 Å². The van der Waals surface area contributed by atoms with Gasteiger partial charge < -0.3 is 20.6 Å². The highest BCUT2D eigenvalue weighted by atomic mass is 16.4. The van der Waals surface area contributed by atoms with Crippen LogP contribution in [-0.4, -0.2) is 66.3 Å². The minimum absolute atomic E-state index is 0.101. The van der Waals surface area contributed by atoms with Crippen LogP contribution in [0.25, 0.3) is 0 Å². The van der Waals surface area contributed by atoms with E-state index in [4.69, 9.17) is 5.11 Å². The predicted molar refractivity (Wildman–Crippen MR) is 91.6 cm³/mol. The molecule has 3 N–H and O–H groups in total. The largest absolute Gasteiger partial charge is 0.481 e. The third-order valence-corrected chi connectivity index (χ3v) is 4.39. The van der Waals surface area contributed by atoms with Gasteiger partial charge in [0.1, 0.15) is 6.04 Å². The molecular weight excluding hydrogens is 326 g/mol. The maximum absolute atomic E-state index is 12.2. The van der Waals surface area contributed by atoms with Crippen molar-refractivity contribution in [3.8, 4) is 0 Å². The summed E-state index contributed by atoms with van der Waals surface area (Å²) in [6.45, 7) is 4.04. The SMILES string of the molecule is CCN(CC(=O)N[C@H]([C]=O)CC(=O)O)C(=O)CCCC1CCNCC1. The Morgan fingerprint density at radius 3 is 2.56 bits per heavy atom. The highest BCUT2D eigenvalue weighted by Gasteiger charge is 2.20. The number of hydrogen-bond donors (Lipinski definition) is 3. The lowest BCUT2D eigenvalue weighted by atomic mass is 9.92. The molecule has 1 rings (SSSR count). The Morgan fingerprint density at radius 2 is 2.00 bits per heavy atom. The van der Waals surface area contributed by atoms with Crippen LogP contribution in [0.15, 0.2) is 0 Å². The molecule has 0 spiro atoms. The molecule has 1 radical (unpaired) electrons. The van der Waals surface area contributed by atoms with E-state index >= 15 is 0 Å². The Morgan fingerprint density at radius 1 is 1.32 bits per heavy atom. The Balaban J connectivity index is 2.34. The molecule has 0 saturated carbocycles. The number of amides is 2. The molecule has 2 amide bonds. The molecule has 1 fully saturated rings. The van der Waals surface area contributed by atoms with Gasteiger partial charge in [-0.1, -0.05) is 0 Å². The lowest BCUT2D eigenvalue weighted by Crippen LogP contribution is -2.45. The molecule has 0 aromatic carbocycles. The summed E-state index contributed by atoms with van der Waals surface area (Å²) >= 11 is 0. The third kappa shape index (κ3) is 8.62. The summed E-state index contributed by atoms with van der Waals surface area (Å²) in [5, 5.41) is 14.2. The van der Waals surface area contributed by atoms with Gasteiger partial charge in [0.15, 0.2) is 0 Å². The number of carbonyl (C=O) groups is 3. The lowest BCUT2D eigenvalue weighted by Gasteiger charge is -2.24.